The highest BCUT2D eigenvalue weighted by atomic mass is 14.9. The normalized spacial score (nSPS) is 12.6. The van der Waals surface area contributed by atoms with E-state index in [1.807, 2.05) is 73.1 Å². The molecule has 0 saturated carbocycles. The van der Waals surface area contributed by atoms with Gasteiger partial charge in [0.05, 0.1) is 23.0 Å². The molecule has 1 aliphatic carbocycles. The fourth-order valence-corrected chi connectivity index (χ4v) is 6.71. The zero-order valence-electron chi connectivity index (χ0n) is 26.1. The summed E-state index contributed by atoms with van der Waals surface area (Å²) in [5.74, 6) is 0.667. The number of benzene rings is 5. The highest BCUT2D eigenvalue weighted by Crippen LogP contribution is 2.50. The minimum atomic E-state index is -0.239. The van der Waals surface area contributed by atoms with Gasteiger partial charge in [0.1, 0.15) is 0 Å². The van der Waals surface area contributed by atoms with E-state index in [0.29, 0.717) is 11.4 Å². The lowest BCUT2D eigenvalue weighted by Crippen LogP contribution is -2.15. The standard InChI is InChI=1S/C43H30N4/c1-43(2)38-21-28(27-44)13-15-36(38)37-16-14-32(25-39(37)43)34-22-33(29-17-19-45-20-18-29)23-35(24-34)42-46-40(30-9-5-3-6-10-30)26-41(47-42)31-11-7-4-8-12-31/h3-26H,1-2H3. The molecule has 0 bridgehead atoms. The summed E-state index contributed by atoms with van der Waals surface area (Å²) < 4.78 is 0. The van der Waals surface area contributed by atoms with E-state index in [2.05, 4.69) is 97.7 Å². The van der Waals surface area contributed by atoms with Crippen LogP contribution in [0.15, 0.2) is 146 Å². The van der Waals surface area contributed by atoms with Crippen LogP contribution in [0.3, 0.4) is 0 Å². The molecule has 0 aliphatic heterocycles. The zero-order valence-corrected chi connectivity index (χ0v) is 26.1. The van der Waals surface area contributed by atoms with Crippen molar-refractivity contribution in [2.75, 3.05) is 0 Å². The van der Waals surface area contributed by atoms with Crippen LogP contribution in [0.25, 0.3) is 67.3 Å². The lowest BCUT2D eigenvalue weighted by molar-refractivity contribution is 0.660. The van der Waals surface area contributed by atoms with Crippen molar-refractivity contribution in [1.29, 1.82) is 5.26 Å². The molecule has 8 rings (SSSR count). The molecule has 0 fully saturated rings. The van der Waals surface area contributed by atoms with Crippen molar-refractivity contribution in [2.45, 2.75) is 19.3 Å². The molecule has 0 atom stereocenters. The Labute approximate surface area is 274 Å². The van der Waals surface area contributed by atoms with E-state index in [9.17, 15) is 5.26 Å². The smallest absolute Gasteiger partial charge is 0.160 e. The van der Waals surface area contributed by atoms with E-state index in [1.54, 1.807) is 0 Å². The fraction of sp³-hybridized carbons (Fsp3) is 0.0698. The quantitative estimate of drug-likeness (QED) is 0.197. The third-order valence-corrected chi connectivity index (χ3v) is 9.21. The predicted octanol–water partition coefficient (Wildman–Crippen LogP) is 10.4. The van der Waals surface area contributed by atoms with Crippen LogP contribution >= 0.6 is 0 Å². The van der Waals surface area contributed by atoms with Crippen molar-refractivity contribution in [3.8, 4) is 73.4 Å². The van der Waals surface area contributed by atoms with Crippen molar-refractivity contribution >= 4 is 0 Å². The van der Waals surface area contributed by atoms with Gasteiger partial charge in [-0.15, -0.1) is 0 Å². The molecule has 4 heteroatoms. The van der Waals surface area contributed by atoms with Gasteiger partial charge in [0.15, 0.2) is 5.82 Å². The van der Waals surface area contributed by atoms with Crippen LogP contribution in [0.1, 0.15) is 30.5 Å². The Hall–Kier alpha value is -6.18. The van der Waals surface area contributed by atoms with Gasteiger partial charge in [-0.05, 0) is 99.1 Å². The molecule has 0 saturated heterocycles. The minimum absolute atomic E-state index is 0.239. The van der Waals surface area contributed by atoms with E-state index in [4.69, 9.17) is 9.97 Å². The Bertz CT molecular complexity index is 2260. The minimum Gasteiger partial charge on any atom is -0.265 e. The molecule has 0 radical (unpaired) electrons. The Balaban J connectivity index is 1.32. The third kappa shape index (κ3) is 5.09. The highest BCUT2D eigenvalue weighted by molar-refractivity contribution is 5.86. The van der Waals surface area contributed by atoms with Crippen LogP contribution in [0.2, 0.25) is 0 Å². The topological polar surface area (TPSA) is 62.5 Å². The van der Waals surface area contributed by atoms with E-state index in [-0.39, 0.29) is 5.41 Å². The van der Waals surface area contributed by atoms with Gasteiger partial charge in [0.2, 0.25) is 0 Å². The van der Waals surface area contributed by atoms with Crippen LogP contribution in [-0.4, -0.2) is 15.0 Å². The molecule has 2 aromatic heterocycles. The molecule has 7 aromatic rings. The average Bonchev–Trinajstić information content (AvgIpc) is 3.37. The summed E-state index contributed by atoms with van der Waals surface area (Å²) in [6.07, 6.45) is 3.65. The van der Waals surface area contributed by atoms with Gasteiger partial charge < -0.3 is 0 Å². The van der Waals surface area contributed by atoms with Crippen molar-refractivity contribution in [2.24, 2.45) is 0 Å². The first-order valence-electron chi connectivity index (χ1n) is 15.7. The summed E-state index contributed by atoms with van der Waals surface area (Å²) in [5.41, 5.74) is 14.4. The first-order chi connectivity index (χ1) is 23.0. The van der Waals surface area contributed by atoms with E-state index in [1.165, 1.54) is 22.3 Å². The number of hydrogen-bond donors (Lipinski definition) is 0. The Morgan fingerprint density at radius 1 is 0.489 bits per heavy atom. The van der Waals surface area contributed by atoms with Gasteiger partial charge in [-0.2, -0.15) is 5.26 Å². The van der Waals surface area contributed by atoms with Crippen molar-refractivity contribution < 1.29 is 0 Å². The lowest BCUT2D eigenvalue weighted by Gasteiger charge is -2.22. The van der Waals surface area contributed by atoms with Gasteiger partial charge >= 0.3 is 0 Å². The maximum absolute atomic E-state index is 9.59. The third-order valence-electron chi connectivity index (χ3n) is 9.21. The van der Waals surface area contributed by atoms with Crippen LogP contribution in [-0.2, 0) is 5.41 Å². The second kappa shape index (κ2) is 11.3. The van der Waals surface area contributed by atoms with Crippen LogP contribution in [0.5, 0.6) is 0 Å². The SMILES string of the molecule is CC1(C)c2cc(C#N)ccc2-c2ccc(-c3cc(-c4ccncc4)cc(-c4nc(-c5ccccc5)cc(-c5ccccc5)n4)c3)cc21. The van der Waals surface area contributed by atoms with E-state index in [0.717, 1.165) is 50.3 Å². The highest BCUT2D eigenvalue weighted by Gasteiger charge is 2.35. The van der Waals surface area contributed by atoms with Crippen molar-refractivity contribution in [3.63, 3.8) is 0 Å². The summed E-state index contributed by atoms with van der Waals surface area (Å²) in [4.78, 5) is 14.6. The summed E-state index contributed by atoms with van der Waals surface area (Å²) in [6.45, 7) is 4.49. The second-order valence-electron chi connectivity index (χ2n) is 12.5. The Morgan fingerprint density at radius 3 is 1.66 bits per heavy atom. The first kappa shape index (κ1) is 28.3. The molecule has 4 nitrogen and oxygen atoms in total. The van der Waals surface area contributed by atoms with Crippen LogP contribution < -0.4 is 0 Å². The van der Waals surface area contributed by atoms with Crippen LogP contribution in [0.4, 0.5) is 0 Å². The fourth-order valence-electron chi connectivity index (χ4n) is 6.71. The molecular weight excluding hydrogens is 573 g/mol. The van der Waals surface area contributed by atoms with Crippen molar-refractivity contribution in [3.05, 3.63) is 163 Å². The predicted molar refractivity (Wildman–Crippen MR) is 189 cm³/mol. The van der Waals surface area contributed by atoms with Gasteiger partial charge in [-0.3, -0.25) is 4.98 Å². The van der Waals surface area contributed by atoms with Gasteiger partial charge in [-0.1, -0.05) is 92.7 Å². The zero-order chi connectivity index (χ0) is 32.0. The molecule has 0 N–H and O–H groups in total. The Morgan fingerprint density at radius 2 is 1.04 bits per heavy atom. The number of pyridine rings is 1. The monoisotopic (exact) mass is 602 g/mol. The van der Waals surface area contributed by atoms with Crippen molar-refractivity contribution in [1.82, 2.24) is 15.0 Å². The molecule has 0 spiro atoms. The maximum atomic E-state index is 9.59. The average molecular weight is 603 g/mol. The van der Waals surface area contributed by atoms with E-state index >= 15 is 0 Å². The molecule has 0 unspecified atom stereocenters. The van der Waals surface area contributed by atoms with Gasteiger partial charge in [0, 0.05) is 34.5 Å². The maximum Gasteiger partial charge on any atom is 0.160 e. The number of rotatable bonds is 5. The summed E-state index contributed by atoms with van der Waals surface area (Å²) in [6, 6.07) is 48.4. The number of nitriles is 1. The molecule has 222 valence electrons. The molecule has 5 aromatic carbocycles. The molecule has 0 amide bonds. The number of hydrogen-bond acceptors (Lipinski definition) is 4. The summed E-state index contributed by atoms with van der Waals surface area (Å²) >= 11 is 0. The first-order valence-corrected chi connectivity index (χ1v) is 15.7. The molecule has 2 heterocycles. The molecular formula is C43H30N4. The largest absolute Gasteiger partial charge is 0.265 e. The number of nitrogens with zero attached hydrogens (tertiary/aromatic N) is 4. The second-order valence-corrected chi connectivity index (χ2v) is 12.5. The van der Waals surface area contributed by atoms with Crippen LogP contribution in [0, 0.1) is 11.3 Å². The summed E-state index contributed by atoms with van der Waals surface area (Å²) in [7, 11) is 0. The number of aromatic nitrogens is 3. The molecule has 47 heavy (non-hydrogen) atoms. The number of fused-ring (bicyclic) bond motifs is 3. The van der Waals surface area contributed by atoms with E-state index < -0.39 is 0 Å². The lowest BCUT2D eigenvalue weighted by atomic mass is 9.81. The van der Waals surface area contributed by atoms with Gasteiger partial charge in [0.25, 0.3) is 0 Å². The summed E-state index contributed by atoms with van der Waals surface area (Å²) in [5, 5.41) is 9.59. The van der Waals surface area contributed by atoms with Gasteiger partial charge in [-0.25, -0.2) is 9.97 Å². The Kier molecular flexibility index (Phi) is 6.82. The molecule has 1 aliphatic rings.